The van der Waals surface area contributed by atoms with Crippen molar-refractivity contribution in [1.29, 1.82) is 0 Å². The van der Waals surface area contributed by atoms with Crippen molar-refractivity contribution in [2.75, 3.05) is 6.61 Å². The number of carbonyl (C=O) groups excluding carboxylic acids is 2. The van der Waals surface area contributed by atoms with E-state index in [0.29, 0.717) is 12.8 Å². The SMILES string of the molecule is CC[C@]1(OC(=O)C(C)(C)C)CCC2=C3C=CC4=CC(=O)CC[C@]4(CO)[C@H]3CC[C@@]21C. The van der Waals surface area contributed by atoms with Crippen molar-refractivity contribution in [2.45, 2.75) is 85.2 Å². The minimum atomic E-state index is -0.522. The molecule has 1 saturated carbocycles. The van der Waals surface area contributed by atoms with Gasteiger partial charge in [0.05, 0.1) is 12.0 Å². The first-order chi connectivity index (χ1) is 14.0. The van der Waals surface area contributed by atoms with Gasteiger partial charge < -0.3 is 9.84 Å². The average Bonchev–Trinajstić information content (AvgIpc) is 2.99. The first kappa shape index (κ1) is 21.5. The van der Waals surface area contributed by atoms with Crippen molar-refractivity contribution in [3.8, 4) is 0 Å². The summed E-state index contributed by atoms with van der Waals surface area (Å²) < 4.78 is 6.33. The minimum absolute atomic E-state index is 0.0759. The Balaban J connectivity index is 1.80. The van der Waals surface area contributed by atoms with Crippen molar-refractivity contribution in [3.63, 3.8) is 0 Å². The van der Waals surface area contributed by atoms with Gasteiger partial charge in [0.25, 0.3) is 0 Å². The molecule has 0 heterocycles. The van der Waals surface area contributed by atoms with Crippen LogP contribution in [0.3, 0.4) is 0 Å². The van der Waals surface area contributed by atoms with E-state index in [2.05, 4.69) is 26.0 Å². The second-order valence-electron chi connectivity index (χ2n) is 11.1. The van der Waals surface area contributed by atoms with Gasteiger partial charge in [0.1, 0.15) is 5.60 Å². The van der Waals surface area contributed by atoms with Crippen molar-refractivity contribution in [2.24, 2.45) is 22.2 Å². The van der Waals surface area contributed by atoms with Crippen LogP contribution < -0.4 is 0 Å². The van der Waals surface area contributed by atoms with Crippen LogP contribution in [0.4, 0.5) is 0 Å². The first-order valence-electron chi connectivity index (χ1n) is 11.5. The second-order valence-corrected chi connectivity index (χ2v) is 11.1. The van der Waals surface area contributed by atoms with Gasteiger partial charge in [-0.15, -0.1) is 0 Å². The van der Waals surface area contributed by atoms with Gasteiger partial charge in [-0.3, -0.25) is 9.59 Å². The van der Waals surface area contributed by atoms with E-state index in [-0.39, 0.29) is 35.1 Å². The van der Waals surface area contributed by atoms with E-state index in [1.165, 1.54) is 11.1 Å². The predicted octanol–water partition coefficient (Wildman–Crippen LogP) is 5.07. The molecule has 4 aliphatic carbocycles. The van der Waals surface area contributed by atoms with E-state index in [4.69, 9.17) is 4.74 Å². The molecule has 0 spiro atoms. The molecule has 4 atom stereocenters. The molecule has 0 unspecified atom stereocenters. The number of aliphatic hydroxyl groups is 1. The number of ketones is 1. The van der Waals surface area contributed by atoms with Crippen molar-refractivity contribution in [1.82, 2.24) is 0 Å². The molecule has 0 saturated heterocycles. The Hall–Kier alpha value is -1.68. The van der Waals surface area contributed by atoms with Crippen LogP contribution in [0, 0.1) is 22.2 Å². The number of aliphatic hydroxyl groups excluding tert-OH is 1. The highest BCUT2D eigenvalue weighted by Gasteiger charge is 2.61. The summed E-state index contributed by atoms with van der Waals surface area (Å²) in [5.74, 6) is 0.275. The zero-order valence-electron chi connectivity index (χ0n) is 19.1. The van der Waals surface area contributed by atoms with Gasteiger partial charge in [0.15, 0.2) is 5.78 Å². The first-order valence-corrected chi connectivity index (χ1v) is 11.5. The zero-order valence-corrected chi connectivity index (χ0v) is 19.1. The Morgan fingerprint density at radius 1 is 1.20 bits per heavy atom. The van der Waals surface area contributed by atoms with Gasteiger partial charge in [0.2, 0.25) is 0 Å². The standard InChI is InChI=1S/C26H36O4/c1-6-26(30-22(29)23(2,3)4)14-11-20-19-8-7-17-15-18(28)9-13-25(17,16-27)21(19)10-12-24(20,26)5/h7-8,15,21,27H,6,9-14,16H2,1-5H3/t21-,24-,25+,26-/m0/s1. The van der Waals surface area contributed by atoms with E-state index in [1.54, 1.807) is 6.08 Å². The highest BCUT2D eigenvalue weighted by atomic mass is 16.6. The van der Waals surface area contributed by atoms with Crippen LogP contribution in [0.2, 0.25) is 0 Å². The normalized spacial score (nSPS) is 38.0. The number of hydrogen-bond donors (Lipinski definition) is 1. The summed E-state index contributed by atoms with van der Waals surface area (Å²) in [6.07, 6.45) is 11.7. The molecule has 0 aromatic carbocycles. The van der Waals surface area contributed by atoms with E-state index in [1.807, 2.05) is 20.8 Å². The topological polar surface area (TPSA) is 63.6 Å². The number of allylic oxidation sites excluding steroid dienone is 4. The molecule has 0 aromatic heterocycles. The van der Waals surface area contributed by atoms with Crippen LogP contribution in [-0.2, 0) is 14.3 Å². The Morgan fingerprint density at radius 3 is 2.57 bits per heavy atom. The van der Waals surface area contributed by atoms with Gasteiger partial charge in [-0.05, 0) is 82.4 Å². The molecule has 0 amide bonds. The van der Waals surface area contributed by atoms with Gasteiger partial charge >= 0.3 is 5.97 Å². The fourth-order valence-electron chi connectivity index (χ4n) is 6.65. The fourth-order valence-corrected chi connectivity index (χ4v) is 6.65. The van der Waals surface area contributed by atoms with Crippen LogP contribution in [0.5, 0.6) is 0 Å². The monoisotopic (exact) mass is 412 g/mol. The lowest BCUT2D eigenvalue weighted by Gasteiger charge is -2.53. The lowest BCUT2D eigenvalue weighted by Crippen LogP contribution is -2.51. The van der Waals surface area contributed by atoms with Crippen LogP contribution >= 0.6 is 0 Å². The largest absolute Gasteiger partial charge is 0.458 e. The van der Waals surface area contributed by atoms with Crippen LogP contribution in [-0.4, -0.2) is 29.1 Å². The Labute approximate surface area is 180 Å². The molecule has 4 aliphatic rings. The molecule has 1 N–H and O–H groups in total. The highest BCUT2D eigenvalue weighted by Crippen LogP contribution is 2.65. The summed E-state index contributed by atoms with van der Waals surface area (Å²) in [6.45, 7) is 10.2. The highest BCUT2D eigenvalue weighted by molar-refractivity contribution is 5.92. The number of fused-ring (bicyclic) bond motifs is 4. The van der Waals surface area contributed by atoms with E-state index >= 15 is 0 Å². The van der Waals surface area contributed by atoms with Crippen LogP contribution in [0.1, 0.15) is 79.6 Å². The van der Waals surface area contributed by atoms with Gasteiger partial charge in [0, 0.05) is 17.3 Å². The third kappa shape index (κ3) is 2.82. The van der Waals surface area contributed by atoms with Crippen molar-refractivity contribution < 1.29 is 19.4 Å². The maximum Gasteiger partial charge on any atom is 0.311 e. The molecule has 0 bridgehead atoms. The lowest BCUT2D eigenvalue weighted by molar-refractivity contribution is -0.181. The molecule has 4 rings (SSSR count). The zero-order chi connectivity index (χ0) is 21.9. The Morgan fingerprint density at radius 2 is 1.93 bits per heavy atom. The number of ether oxygens (including phenoxy) is 1. The van der Waals surface area contributed by atoms with Crippen molar-refractivity contribution in [3.05, 3.63) is 34.9 Å². The maximum absolute atomic E-state index is 12.9. The smallest absolute Gasteiger partial charge is 0.311 e. The molecule has 30 heavy (non-hydrogen) atoms. The molecule has 164 valence electrons. The lowest BCUT2D eigenvalue weighted by atomic mass is 9.52. The molecular weight excluding hydrogens is 376 g/mol. The molecule has 4 nitrogen and oxygen atoms in total. The predicted molar refractivity (Wildman–Crippen MR) is 117 cm³/mol. The minimum Gasteiger partial charge on any atom is -0.458 e. The maximum atomic E-state index is 12.9. The molecule has 0 aliphatic heterocycles. The number of carbonyl (C=O) groups is 2. The number of esters is 1. The van der Waals surface area contributed by atoms with Gasteiger partial charge in [-0.25, -0.2) is 0 Å². The Bertz CT molecular complexity index is 870. The molecule has 1 fully saturated rings. The van der Waals surface area contributed by atoms with Gasteiger partial charge in [-0.2, -0.15) is 0 Å². The third-order valence-corrected chi connectivity index (χ3v) is 8.68. The summed E-state index contributed by atoms with van der Waals surface area (Å²) >= 11 is 0. The number of rotatable bonds is 3. The summed E-state index contributed by atoms with van der Waals surface area (Å²) in [4.78, 5) is 24.9. The van der Waals surface area contributed by atoms with E-state index in [9.17, 15) is 14.7 Å². The summed E-state index contributed by atoms with van der Waals surface area (Å²) in [7, 11) is 0. The van der Waals surface area contributed by atoms with Gasteiger partial charge in [-0.1, -0.05) is 31.6 Å². The summed E-state index contributed by atoms with van der Waals surface area (Å²) in [6, 6.07) is 0. The second kappa shape index (κ2) is 6.91. The third-order valence-electron chi connectivity index (χ3n) is 8.68. The quantitative estimate of drug-likeness (QED) is 0.658. The fraction of sp³-hybridized carbons (Fsp3) is 0.692. The van der Waals surface area contributed by atoms with E-state index in [0.717, 1.165) is 37.7 Å². The van der Waals surface area contributed by atoms with Crippen LogP contribution in [0.25, 0.3) is 0 Å². The molecule has 4 heteroatoms. The molecule has 0 aromatic rings. The molecular formula is C26H36O4. The molecule has 0 radical (unpaired) electrons. The summed E-state index contributed by atoms with van der Waals surface area (Å²) in [5, 5.41) is 10.5. The van der Waals surface area contributed by atoms with Crippen LogP contribution in [0.15, 0.2) is 34.9 Å². The number of hydrogen-bond acceptors (Lipinski definition) is 4. The van der Waals surface area contributed by atoms with E-state index < -0.39 is 11.0 Å². The Kier molecular flexibility index (Phi) is 4.97. The average molecular weight is 413 g/mol. The van der Waals surface area contributed by atoms with Crippen molar-refractivity contribution >= 4 is 11.8 Å². The summed E-state index contributed by atoms with van der Waals surface area (Å²) in [5.41, 5.74) is 2.22.